The zero-order valence-electron chi connectivity index (χ0n) is 14.0. The molecular formula is C16H12F3N5OS2. The van der Waals surface area contributed by atoms with Crippen LogP contribution in [0.25, 0.3) is 15.8 Å². The van der Waals surface area contributed by atoms with Crippen molar-refractivity contribution in [3.63, 3.8) is 0 Å². The summed E-state index contributed by atoms with van der Waals surface area (Å²) in [5, 5.41) is 26.2. The number of fused-ring (bicyclic) bond motifs is 1. The molecule has 0 aliphatic carbocycles. The van der Waals surface area contributed by atoms with Crippen molar-refractivity contribution < 1.29 is 18.3 Å². The van der Waals surface area contributed by atoms with Crippen molar-refractivity contribution in [1.29, 1.82) is 5.26 Å². The van der Waals surface area contributed by atoms with Gasteiger partial charge in [-0.2, -0.15) is 18.4 Å². The van der Waals surface area contributed by atoms with Gasteiger partial charge in [-0.3, -0.25) is 0 Å². The highest BCUT2D eigenvalue weighted by Gasteiger charge is 2.37. The summed E-state index contributed by atoms with van der Waals surface area (Å²) < 4.78 is 40.1. The van der Waals surface area contributed by atoms with Crippen LogP contribution in [0.5, 0.6) is 0 Å². The van der Waals surface area contributed by atoms with Gasteiger partial charge in [0.2, 0.25) is 5.82 Å². The van der Waals surface area contributed by atoms with E-state index in [0.717, 1.165) is 21.0 Å². The molecule has 0 radical (unpaired) electrons. The topological polar surface area (TPSA) is 87.6 Å². The standard InChI is InChI=1S/C16H12F3N5OS2/c1-8(26-15-23-22-14(24(15)2)16(17,18)19)12(25)9(7-20)13-21-10-5-3-4-6-11(10)27-13/h3-6,8,25H,1-2H3/b12-9-. The zero-order valence-corrected chi connectivity index (χ0v) is 15.7. The molecule has 0 bridgehead atoms. The number of rotatable bonds is 4. The van der Waals surface area contributed by atoms with Crippen LogP contribution < -0.4 is 0 Å². The Morgan fingerprint density at radius 1 is 1.33 bits per heavy atom. The number of aliphatic hydroxyl groups excluding tert-OH is 1. The van der Waals surface area contributed by atoms with Crippen molar-refractivity contribution in [2.24, 2.45) is 7.05 Å². The molecular weight excluding hydrogens is 399 g/mol. The number of aromatic nitrogens is 4. The summed E-state index contributed by atoms with van der Waals surface area (Å²) in [6.45, 7) is 1.56. The number of nitrogens with zero attached hydrogens (tertiary/aromatic N) is 5. The Balaban J connectivity index is 1.91. The lowest BCUT2D eigenvalue weighted by molar-refractivity contribution is -0.147. The summed E-state index contributed by atoms with van der Waals surface area (Å²) >= 11 is 2.12. The van der Waals surface area contributed by atoms with Gasteiger partial charge in [0.15, 0.2) is 5.16 Å². The van der Waals surface area contributed by atoms with Crippen molar-refractivity contribution >= 4 is 38.9 Å². The molecule has 1 atom stereocenters. The number of benzene rings is 1. The van der Waals surface area contributed by atoms with E-state index in [0.29, 0.717) is 10.5 Å². The molecule has 6 nitrogen and oxygen atoms in total. The Labute approximate surface area is 160 Å². The molecule has 0 amide bonds. The van der Waals surface area contributed by atoms with Gasteiger partial charge < -0.3 is 9.67 Å². The summed E-state index contributed by atoms with van der Waals surface area (Å²) in [5.74, 6) is -1.41. The predicted octanol–water partition coefficient (Wildman–Crippen LogP) is 4.42. The number of halogens is 3. The maximum Gasteiger partial charge on any atom is 0.451 e. The third-order valence-corrected chi connectivity index (χ3v) is 5.83. The largest absolute Gasteiger partial charge is 0.510 e. The molecule has 0 spiro atoms. The number of hydrogen-bond donors (Lipinski definition) is 1. The summed E-state index contributed by atoms with van der Waals surface area (Å²) in [4.78, 5) is 4.34. The van der Waals surface area contributed by atoms with Gasteiger partial charge in [0.1, 0.15) is 22.4 Å². The van der Waals surface area contributed by atoms with Crippen LogP contribution >= 0.6 is 23.1 Å². The lowest BCUT2D eigenvalue weighted by atomic mass is 10.2. The maximum atomic E-state index is 12.8. The highest BCUT2D eigenvalue weighted by molar-refractivity contribution is 7.99. The van der Waals surface area contributed by atoms with Crippen molar-refractivity contribution in [2.75, 3.05) is 0 Å². The Bertz CT molecular complexity index is 1030. The minimum Gasteiger partial charge on any atom is -0.510 e. The fourth-order valence-electron chi connectivity index (χ4n) is 2.28. The Kier molecular flexibility index (Phi) is 5.12. The van der Waals surface area contributed by atoms with E-state index >= 15 is 0 Å². The molecule has 0 saturated heterocycles. The third kappa shape index (κ3) is 3.77. The van der Waals surface area contributed by atoms with E-state index in [2.05, 4.69) is 15.2 Å². The zero-order chi connectivity index (χ0) is 19.8. The monoisotopic (exact) mass is 411 g/mol. The first-order valence-corrected chi connectivity index (χ1v) is 9.24. The molecule has 0 fully saturated rings. The number of alkyl halides is 3. The van der Waals surface area contributed by atoms with Crippen LogP contribution in [0.4, 0.5) is 13.2 Å². The number of aliphatic hydroxyl groups is 1. The second kappa shape index (κ2) is 7.21. The van der Waals surface area contributed by atoms with Crippen LogP contribution in [0.1, 0.15) is 17.8 Å². The van der Waals surface area contributed by atoms with E-state index in [-0.39, 0.29) is 16.5 Å². The summed E-state index contributed by atoms with van der Waals surface area (Å²) in [6, 6.07) is 9.22. The normalized spacial score (nSPS) is 14.1. The van der Waals surface area contributed by atoms with Gasteiger partial charge in [-0.05, 0) is 19.1 Å². The highest BCUT2D eigenvalue weighted by Crippen LogP contribution is 2.35. The Morgan fingerprint density at radius 3 is 2.63 bits per heavy atom. The minimum absolute atomic E-state index is 0.0191. The van der Waals surface area contributed by atoms with Crippen LogP contribution in [-0.2, 0) is 13.2 Å². The van der Waals surface area contributed by atoms with Crippen molar-refractivity contribution in [3.05, 3.63) is 40.9 Å². The third-order valence-electron chi connectivity index (χ3n) is 3.63. The van der Waals surface area contributed by atoms with Gasteiger partial charge in [0.25, 0.3) is 0 Å². The first-order chi connectivity index (χ1) is 12.7. The Hall–Kier alpha value is -2.58. The summed E-state index contributed by atoms with van der Waals surface area (Å²) in [5.41, 5.74) is 0.677. The Morgan fingerprint density at radius 2 is 2.04 bits per heavy atom. The van der Waals surface area contributed by atoms with Crippen LogP contribution in [-0.4, -0.2) is 30.1 Å². The van der Waals surface area contributed by atoms with E-state index in [1.54, 1.807) is 13.0 Å². The highest BCUT2D eigenvalue weighted by atomic mass is 32.2. The fraction of sp³-hybridized carbons (Fsp3) is 0.250. The molecule has 11 heteroatoms. The molecule has 0 saturated carbocycles. The van der Waals surface area contributed by atoms with Gasteiger partial charge in [-0.25, -0.2) is 4.98 Å². The molecule has 3 rings (SSSR count). The number of nitriles is 1. The number of hydrogen-bond acceptors (Lipinski definition) is 7. The number of thioether (sulfide) groups is 1. The van der Waals surface area contributed by atoms with E-state index in [9.17, 15) is 23.5 Å². The lowest BCUT2D eigenvalue weighted by Gasteiger charge is -2.11. The molecule has 0 aliphatic rings. The molecule has 0 aliphatic heterocycles. The molecule has 3 aromatic rings. The van der Waals surface area contributed by atoms with E-state index in [1.165, 1.54) is 18.4 Å². The quantitative estimate of drug-likeness (QED) is 0.389. The summed E-state index contributed by atoms with van der Waals surface area (Å²) in [7, 11) is 1.19. The number of allylic oxidation sites excluding steroid dienone is 1. The van der Waals surface area contributed by atoms with Crippen LogP contribution in [0.3, 0.4) is 0 Å². The van der Waals surface area contributed by atoms with Crippen molar-refractivity contribution in [2.45, 2.75) is 23.5 Å². The molecule has 2 heterocycles. The average Bonchev–Trinajstić information content (AvgIpc) is 3.19. The van der Waals surface area contributed by atoms with E-state index < -0.39 is 17.3 Å². The molecule has 1 N–H and O–H groups in total. The second-order valence-corrected chi connectivity index (χ2v) is 7.82. The van der Waals surface area contributed by atoms with Gasteiger partial charge in [0, 0.05) is 7.05 Å². The van der Waals surface area contributed by atoms with Crippen molar-refractivity contribution in [1.82, 2.24) is 19.7 Å². The van der Waals surface area contributed by atoms with Crippen LogP contribution in [0.15, 0.2) is 35.2 Å². The lowest BCUT2D eigenvalue weighted by Crippen LogP contribution is -2.13. The number of thiazole rings is 1. The van der Waals surface area contributed by atoms with Crippen molar-refractivity contribution in [3.8, 4) is 6.07 Å². The number of para-hydroxylation sites is 1. The molecule has 2 aromatic heterocycles. The molecule has 27 heavy (non-hydrogen) atoms. The predicted molar refractivity (Wildman–Crippen MR) is 96.1 cm³/mol. The smallest absolute Gasteiger partial charge is 0.451 e. The first-order valence-electron chi connectivity index (χ1n) is 7.54. The SMILES string of the molecule is CC(Sc1nnc(C(F)(F)F)n1C)/C(O)=C(\C#N)c1nc2ccccc2s1. The minimum atomic E-state index is -4.62. The van der Waals surface area contributed by atoms with E-state index in [4.69, 9.17) is 0 Å². The fourth-order valence-corrected chi connectivity index (χ4v) is 4.12. The van der Waals surface area contributed by atoms with Gasteiger partial charge in [-0.15, -0.1) is 21.5 Å². The van der Waals surface area contributed by atoms with Crippen LogP contribution in [0.2, 0.25) is 0 Å². The average molecular weight is 411 g/mol. The van der Waals surface area contributed by atoms with Gasteiger partial charge in [-0.1, -0.05) is 23.9 Å². The first kappa shape index (κ1) is 19.2. The van der Waals surface area contributed by atoms with Crippen LogP contribution in [0, 0.1) is 11.3 Å². The summed E-state index contributed by atoms with van der Waals surface area (Å²) in [6.07, 6.45) is -4.62. The molecule has 1 aromatic carbocycles. The molecule has 1 unspecified atom stereocenters. The van der Waals surface area contributed by atoms with E-state index in [1.807, 2.05) is 24.3 Å². The van der Waals surface area contributed by atoms with Gasteiger partial charge >= 0.3 is 6.18 Å². The second-order valence-electron chi connectivity index (χ2n) is 5.48. The van der Waals surface area contributed by atoms with Gasteiger partial charge in [0.05, 0.1) is 15.5 Å². The maximum absolute atomic E-state index is 12.8. The molecule has 140 valence electrons.